The molecule has 0 heterocycles. The maximum atomic E-state index is 3.61. The fraction of sp³-hybridized carbons (Fsp3) is 1.00. The summed E-state index contributed by atoms with van der Waals surface area (Å²) in [5, 5.41) is 7.20. The minimum atomic E-state index is 1.24. The van der Waals surface area contributed by atoms with Crippen LogP contribution in [0.3, 0.4) is 0 Å². The minimum absolute atomic E-state index is 1.24. The first kappa shape index (κ1) is 42.1. The Balaban J connectivity index is 0. The molecule has 0 unspecified atom stereocenters. The first-order valence-corrected chi connectivity index (χ1v) is 19.2. The van der Waals surface area contributed by atoms with Crippen molar-refractivity contribution < 1.29 is 0 Å². The predicted molar refractivity (Wildman–Crippen MR) is 187 cm³/mol. The lowest BCUT2D eigenvalue weighted by atomic mass is 10.1. The molecule has 2 nitrogen and oxygen atoms in total. The molecule has 0 aromatic carbocycles. The van der Waals surface area contributed by atoms with Gasteiger partial charge in [-0.1, -0.05) is 195 Å². The molecular formula is C38H82N2. The number of hydrogen-bond acceptors (Lipinski definition) is 2. The van der Waals surface area contributed by atoms with E-state index in [9.17, 15) is 0 Å². The van der Waals surface area contributed by atoms with Crippen LogP contribution < -0.4 is 10.6 Å². The van der Waals surface area contributed by atoms with Gasteiger partial charge in [0.25, 0.3) is 0 Å². The Labute approximate surface area is 256 Å². The fourth-order valence-corrected chi connectivity index (χ4v) is 5.43. The Morgan fingerprint density at radius 1 is 0.200 bits per heavy atom. The van der Waals surface area contributed by atoms with Crippen LogP contribution in [0, 0.1) is 0 Å². The lowest BCUT2D eigenvalue weighted by Gasteiger charge is -2.05. The molecule has 2 heteroatoms. The molecule has 0 amide bonds. The first-order valence-electron chi connectivity index (χ1n) is 19.2. The van der Waals surface area contributed by atoms with Crippen LogP contribution in [-0.4, -0.2) is 26.2 Å². The van der Waals surface area contributed by atoms with E-state index in [0.29, 0.717) is 0 Å². The molecule has 40 heavy (non-hydrogen) atoms. The molecule has 0 rings (SSSR count). The summed E-state index contributed by atoms with van der Waals surface area (Å²) in [6.45, 7) is 14.1. The first-order chi connectivity index (χ1) is 19.8. The molecule has 0 atom stereocenters. The van der Waals surface area contributed by atoms with E-state index in [1.807, 2.05) is 0 Å². The highest BCUT2D eigenvalue weighted by atomic mass is 14.8. The van der Waals surface area contributed by atoms with Gasteiger partial charge in [-0.3, -0.25) is 0 Å². The summed E-state index contributed by atoms with van der Waals surface area (Å²) in [5.41, 5.74) is 0. The molecule has 0 fully saturated rings. The Hall–Kier alpha value is -0.0800. The third-order valence-electron chi connectivity index (χ3n) is 8.33. The van der Waals surface area contributed by atoms with Gasteiger partial charge in [0.1, 0.15) is 0 Å². The predicted octanol–water partition coefficient (Wildman–Crippen LogP) is 12.9. The zero-order chi connectivity index (χ0) is 29.5. The quantitative estimate of drug-likeness (QED) is 0.0757. The van der Waals surface area contributed by atoms with E-state index in [4.69, 9.17) is 0 Å². The topological polar surface area (TPSA) is 24.1 Å². The van der Waals surface area contributed by atoms with Gasteiger partial charge in [0, 0.05) is 0 Å². The molecule has 0 aliphatic heterocycles. The van der Waals surface area contributed by atoms with Crippen LogP contribution in [0.1, 0.15) is 220 Å². The summed E-state index contributed by atoms with van der Waals surface area (Å²) >= 11 is 0. The second kappa shape index (κ2) is 43.4. The zero-order valence-electron chi connectivity index (χ0n) is 29.0. The molecule has 0 saturated carbocycles. The lowest BCUT2D eigenvalue weighted by molar-refractivity contribution is 0.532. The second-order valence-corrected chi connectivity index (χ2v) is 12.7. The van der Waals surface area contributed by atoms with Crippen LogP contribution in [0.2, 0.25) is 0 Å². The van der Waals surface area contributed by atoms with Crippen LogP contribution in [-0.2, 0) is 0 Å². The van der Waals surface area contributed by atoms with Gasteiger partial charge in [0.15, 0.2) is 0 Å². The monoisotopic (exact) mass is 567 g/mol. The molecule has 0 spiro atoms. The molecule has 0 aliphatic rings. The van der Waals surface area contributed by atoms with E-state index in [0.717, 1.165) is 0 Å². The SMILES string of the molecule is CCCCCCCCCCNCCCCCCCCCC.CCCCCCCCCNCCCCCCCCC. The van der Waals surface area contributed by atoms with Gasteiger partial charge in [0.2, 0.25) is 0 Å². The summed E-state index contributed by atoms with van der Waals surface area (Å²) in [4.78, 5) is 0. The lowest BCUT2D eigenvalue weighted by Crippen LogP contribution is -2.16. The zero-order valence-corrected chi connectivity index (χ0v) is 29.0. The van der Waals surface area contributed by atoms with Crippen molar-refractivity contribution in [2.45, 2.75) is 220 Å². The largest absolute Gasteiger partial charge is 0.317 e. The number of unbranched alkanes of at least 4 members (excludes halogenated alkanes) is 26. The van der Waals surface area contributed by atoms with E-state index >= 15 is 0 Å². The number of nitrogens with one attached hydrogen (secondary N) is 2. The molecule has 0 saturated heterocycles. The molecule has 0 bridgehead atoms. The smallest absolute Gasteiger partial charge is 0.00489 e. The third kappa shape index (κ3) is 44.9. The second-order valence-electron chi connectivity index (χ2n) is 12.7. The summed E-state index contributed by atoms with van der Waals surface area (Å²) in [7, 11) is 0. The van der Waals surface area contributed by atoms with Gasteiger partial charge >= 0.3 is 0 Å². The van der Waals surface area contributed by atoms with E-state index in [-0.39, 0.29) is 0 Å². The van der Waals surface area contributed by atoms with Crippen LogP contribution in [0.15, 0.2) is 0 Å². The van der Waals surface area contributed by atoms with E-state index < -0.39 is 0 Å². The van der Waals surface area contributed by atoms with Crippen molar-refractivity contribution in [2.24, 2.45) is 0 Å². The fourth-order valence-electron chi connectivity index (χ4n) is 5.43. The van der Waals surface area contributed by atoms with Gasteiger partial charge in [0.05, 0.1) is 0 Å². The summed E-state index contributed by atoms with van der Waals surface area (Å²) in [6.07, 6.45) is 42.7. The van der Waals surface area contributed by atoms with Crippen molar-refractivity contribution in [3.05, 3.63) is 0 Å². The van der Waals surface area contributed by atoms with Gasteiger partial charge in [-0.05, 0) is 51.9 Å². The molecule has 0 radical (unpaired) electrons. The molecule has 2 N–H and O–H groups in total. The summed E-state index contributed by atoms with van der Waals surface area (Å²) < 4.78 is 0. The molecule has 0 aromatic heterocycles. The molecular weight excluding hydrogens is 484 g/mol. The normalized spacial score (nSPS) is 11.1. The molecule has 0 aliphatic carbocycles. The average molecular weight is 567 g/mol. The van der Waals surface area contributed by atoms with Crippen LogP contribution >= 0.6 is 0 Å². The van der Waals surface area contributed by atoms with Crippen molar-refractivity contribution in [1.82, 2.24) is 10.6 Å². The Morgan fingerprint density at radius 3 is 0.525 bits per heavy atom. The van der Waals surface area contributed by atoms with Crippen molar-refractivity contribution in [3.63, 3.8) is 0 Å². The van der Waals surface area contributed by atoms with Crippen molar-refractivity contribution in [2.75, 3.05) is 26.2 Å². The summed E-state index contributed by atoms with van der Waals surface area (Å²) in [5.74, 6) is 0. The average Bonchev–Trinajstić information content (AvgIpc) is 2.97. The molecule has 0 aromatic rings. The highest BCUT2D eigenvalue weighted by molar-refractivity contribution is 4.53. The van der Waals surface area contributed by atoms with Crippen molar-refractivity contribution >= 4 is 0 Å². The Bertz CT molecular complexity index is 350. The minimum Gasteiger partial charge on any atom is -0.317 e. The van der Waals surface area contributed by atoms with Gasteiger partial charge in [-0.15, -0.1) is 0 Å². The Morgan fingerprint density at radius 2 is 0.350 bits per heavy atom. The van der Waals surface area contributed by atoms with Crippen LogP contribution in [0.4, 0.5) is 0 Å². The molecule has 244 valence electrons. The van der Waals surface area contributed by atoms with Gasteiger partial charge < -0.3 is 10.6 Å². The van der Waals surface area contributed by atoms with E-state index in [1.54, 1.807) is 0 Å². The summed E-state index contributed by atoms with van der Waals surface area (Å²) in [6, 6.07) is 0. The Kier molecular flexibility index (Phi) is 45.6. The maximum Gasteiger partial charge on any atom is -0.00489 e. The standard InChI is InChI=1S/C20H43N.C18H39N/c1-3-5-7-9-11-13-15-17-19-21-20-18-16-14-12-10-8-6-4-2;1-3-5-7-9-11-13-15-17-19-18-16-14-12-10-8-6-4-2/h21H,3-20H2,1-2H3;19H,3-18H2,1-2H3. The van der Waals surface area contributed by atoms with Gasteiger partial charge in [-0.2, -0.15) is 0 Å². The highest BCUT2D eigenvalue weighted by Gasteiger charge is 1.95. The third-order valence-corrected chi connectivity index (χ3v) is 8.33. The van der Waals surface area contributed by atoms with Gasteiger partial charge in [-0.25, -0.2) is 0 Å². The van der Waals surface area contributed by atoms with Crippen LogP contribution in [0.5, 0.6) is 0 Å². The highest BCUT2D eigenvalue weighted by Crippen LogP contribution is 2.10. The van der Waals surface area contributed by atoms with Crippen molar-refractivity contribution in [3.8, 4) is 0 Å². The van der Waals surface area contributed by atoms with Crippen molar-refractivity contribution in [1.29, 1.82) is 0 Å². The number of rotatable bonds is 34. The van der Waals surface area contributed by atoms with E-state index in [1.165, 1.54) is 219 Å². The number of hydrogen-bond donors (Lipinski definition) is 2. The van der Waals surface area contributed by atoms with E-state index in [2.05, 4.69) is 38.3 Å². The maximum absolute atomic E-state index is 3.61. The van der Waals surface area contributed by atoms with Crippen LogP contribution in [0.25, 0.3) is 0 Å².